The van der Waals surface area contributed by atoms with Crippen molar-refractivity contribution in [3.05, 3.63) is 46.3 Å². The highest BCUT2D eigenvalue weighted by Gasteiger charge is 2.38. The van der Waals surface area contributed by atoms with Gasteiger partial charge in [-0.15, -0.1) is 0 Å². The molecule has 0 amide bonds. The van der Waals surface area contributed by atoms with E-state index < -0.39 is 0 Å². The Labute approximate surface area is 125 Å². The van der Waals surface area contributed by atoms with Crippen molar-refractivity contribution in [2.24, 2.45) is 11.0 Å². The quantitative estimate of drug-likeness (QED) is 0.473. The summed E-state index contributed by atoms with van der Waals surface area (Å²) in [5, 5.41) is 3.68. The van der Waals surface area contributed by atoms with Gasteiger partial charge in [-0.05, 0) is 36.3 Å². The van der Waals surface area contributed by atoms with E-state index in [9.17, 15) is 0 Å². The van der Waals surface area contributed by atoms with Crippen LogP contribution in [0.3, 0.4) is 0 Å². The van der Waals surface area contributed by atoms with Crippen molar-refractivity contribution < 1.29 is 4.74 Å². The molecule has 2 aliphatic heterocycles. The first-order chi connectivity index (χ1) is 10.4. The summed E-state index contributed by atoms with van der Waals surface area (Å²) < 4.78 is 5.75. The fourth-order valence-corrected chi connectivity index (χ4v) is 3.68. The lowest BCUT2D eigenvalue weighted by atomic mass is 9.83. The van der Waals surface area contributed by atoms with Crippen LogP contribution in [0.4, 0.5) is 0 Å². The van der Waals surface area contributed by atoms with Crippen molar-refractivity contribution in [1.82, 2.24) is 4.90 Å². The van der Waals surface area contributed by atoms with Gasteiger partial charge in [-0.25, -0.2) is 0 Å². The van der Waals surface area contributed by atoms with Crippen molar-refractivity contribution in [1.29, 1.82) is 0 Å². The van der Waals surface area contributed by atoms with E-state index in [1.54, 1.807) is 0 Å². The monoisotopic (exact) mass is 286 g/mol. The molecule has 0 spiro atoms. The maximum absolute atomic E-state index is 8.39. The predicted octanol–water partition coefficient (Wildman–Crippen LogP) is 3.37. The van der Waals surface area contributed by atoms with E-state index in [4.69, 9.17) is 10.3 Å². The first-order valence-corrected chi connectivity index (χ1v) is 7.75. The zero-order chi connectivity index (χ0) is 14.5. The van der Waals surface area contributed by atoms with Gasteiger partial charge in [0.15, 0.2) is 0 Å². The molecule has 5 heteroatoms. The van der Waals surface area contributed by atoms with Crippen molar-refractivity contribution in [2.75, 3.05) is 19.8 Å². The largest absolute Gasteiger partial charge is 0.378 e. The van der Waals surface area contributed by atoms with E-state index >= 15 is 0 Å². The molecule has 1 aromatic rings. The molecule has 2 fully saturated rings. The number of azide groups is 1. The van der Waals surface area contributed by atoms with Gasteiger partial charge in [0.2, 0.25) is 0 Å². The molecule has 3 rings (SSSR count). The summed E-state index contributed by atoms with van der Waals surface area (Å²) in [7, 11) is 0. The lowest BCUT2D eigenvalue weighted by molar-refractivity contribution is -0.0923. The molecule has 2 heterocycles. The Hall–Kier alpha value is -1.55. The molecule has 0 aliphatic carbocycles. The third kappa shape index (κ3) is 3.56. The van der Waals surface area contributed by atoms with Crippen LogP contribution in [0.2, 0.25) is 0 Å². The standard InChI is InChI=1S/C16H22N4O/c17-19-18-7-6-14-8-15-11-21-12-16(9-14)20(15)10-13-4-2-1-3-5-13/h1-5,14-16H,6-12H2. The van der Waals surface area contributed by atoms with Crippen LogP contribution in [0.5, 0.6) is 0 Å². The Morgan fingerprint density at radius 1 is 1.19 bits per heavy atom. The van der Waals surface area contributed by atoms with Crippen LogP contribution in [0.25, 0.3) is 10.4 Å². The minimum absolute atomic E-state index is 0.508. The maximum atomic E-state index is 8.39. The van der Waals surface area contributed by atoms with Gasteiger partial charge in [0.05, 0.1) is 13.2 Å². The number of hydrogen-bond acceptors (Lipinski definition) is 3. The van der Waals surface area contributed by atoms with Gasteiger partial charge < -0.3 is 4.74 Å². The van der Waals surface area contributed by atoms with Gasteiger partial charge in [0.25, 0.3) is 0 Å². The highest BCUT2D eigenvalue weighted by molar-refractivity contribution is 5.15. The maximum Gasteiger partial charge on any atom is 0.0623 e. The molecule has 2 atom stereocenters. The normalized spacial score (nSPS) is 28.9. The molecule has 2 aliphatic rings. The second kappa shape index (κ2) is 6.94. The lowest BCUT2D eigenvalue weighted by Gasteiger charge is -2.48. The van der Waals surface area contributed by atoms with Crippen LogP contribution in [-0.4, -0.2) is 36.7 Å². The molecule has 0 aromatic heterocycles. The molecule has 0 radical (unpaired) electrons. The Morgan fingerprint density at radius 2 is 1.90 bits per heavy atom. The zero-order valence-electron chi connectivity index (χ0n) is 12.3. The fourth-order valence-electron chi connectivity index (χ4n) is 3.68. The number of fused-ring (bicyclic) bond motifs is 2. The summed E-state index contributed by atoms with van der Waals surface area (Å²) in [6.45, 7) is 3.31. The fraction of sp³-hybridized carbons (Fsp3) is 0.625. The molecule has 112 valence electrons. The summed E-state index contributed by atoms with van der Waals surface area (Å²) in [6.07, 6.45) is 3.32. The number of hydrogen-bond donors (Lipinski definition) is 0. The number of morpholine rings is 1. The molecule has 0 saturated carbocycles. The molecule has 2 bridgehead atoms. The van der Waals surface area contributed by atoms with E-state index in [0.717, 1.165) is 39.0 Å². The highest BCUT2D eigenvalue weighted by Crippen LogP contribution is 2.34. The van der Waals surface area contributed by atoms with E-state index in [-0.39, 0.29) is 0 Å². The molecule has 2 unspecified atom stereocenters. The molecular formula is C16H22N4O. The van der Waals surface area contributed by atoms with Crippen LogP contribution >= 0.6 is 0 Å². The van der Waals surface area contributed by atoms with Crippen molar-refractivity contribution in [2.45, 2.75) is 37.9 Å². The summed E-state index contributed by atoms with van der Waals surface area (Å²) in [4.78, 5) is 5.47. The molecule has 0 N–H and O–H groups in total. The topological polar surface area (TPSA) is 61.2 Å². The highest BCUT2D eigenvalue weighted by atomic mass is 16.5. The van der Waals surface area contributed by atoms with Crippen LogP contribution < -0.4 is 0 Å². The average molecular weight is 286 g/mol. The van der Waals surface area contributed by atoms with E-state index in [2.05, 4.69) is 45.3 Å². The summed E-state index contributed by atoms with van der Waals surface area (Å²) in [6, 6.07) is 11.7. The minimum atomic E-state index is 0.508. The zero-order valence-corrected chi connectivity index (χ0v) is 12.3. The van der Waals surface area contributed by atoms with Crippen molar-refractivity contribution in [3.8, 4) is 0 Å². The van der Waals surface area contributed by atoms with Gasteiger partial charge in [-0.2, -0.15) is 0 Å². The molecular weight excluding hydrogens is 264 g/mol. The second-order valence-corrected chi connectivity index (χ2v) is 6.08. The Kier molecular flexibility index (Phi) is 4.76. The number of benzene rings is 1. The van der Waals surface area contributed by atoms with E-state index in [1.165, 1.54) is 5.56 Å². The van der Waals surface area contributed by atoms with Gasteiger partial charge in [-0.1, -0.05) is 35.4 Å². The first-order valence-electron chi connectivity index (χ1n) is 7.75. The SMILES string of the molecule is [N-]=[N+]=NCCC1CC2COCC(C1)N2Cc1ccccc1. The van der Waals surface area contributed by atoms with Crippen LogP contribution in [-0.2, 0) is 11.3 Å². The first kappa shape index (κ1) is 14.4. The summed E-state index contributed by atoms with van der Waals surface area (Å²) >= 11 is 0. The third-order valence-corrected chi connectivity index (χ3v) is 4.68. The predicted molar refractivity (Wildman–Crippen MR) is 81.7 cm³/mol. The lowest BCUT2D eigenvalue weighted by Crippen LogP contribution is -2.56. The van der Waals surface area contributed by atoms with E-state index in [0.29, 0.717) is 24.5 Å². The molecule has 1 aromatic carbocycles. The van der Waals surface area contributed by atoms with Gasteiger partial charge >= 0.3 is 0 Å². The number of rotatable bonds is 5. The summed E-state index contributed by atoms with van der Waals surface area (Å²) in [5.74, 6) is 0.668. The van der Waals surface area contributed by atoms with Gasteiger partial charge in [-0.3, -0.25) is 4.90 Å². The van der Waals surface area contributed by atoms with Crippen molar-refractivity contribution >= 4 is 0 Å². The van der Waals surface area contributed by atoms with Gasteiger partial charge in [0.1, 0.15) is 0 Å². The van der Waals surface area contributed by atoms with Crippen molar-refractivity contribution in [3.63, 3.8) is 0 Å². The number of ether oxygens (including phenoxy) is 1. The molecule has 5 nitrogen and oxygen atoms in total. The number of piperidine rings is 1. The molecule has 2 saturated heterocycles. The van der Waals surface area contributed by atoms with Crippen LogP contribution in [0, 0.1) is 5.92 Å². The smallest absolute Gasteiger partial charge is 0.0623 e. The number of nitrogens with zero attached hydrogens (tertiary/aromatic N) is 4. The summed E-state index contributed by atoms with van der Waals surface area (Å²) in [5.41, 5.74) is 9.77. The Balaban J connectivity index is 1.63. The van der Waals surface area contributed by atoms with Crippen LogP contribution in [0.1, 0.15) is 24.8 Å². The third-order valence-electron chi connectivity index (χ3n) is 4.68. The van der Waals surface area contributed by atoms with Crippen LogP contribution in [0.15, 0.2) is 35.4 Å². The van der Waals surface area contributed by atoms with Gasteiger partial charge in [0, 0.05) is 30.1 Å². The average Bonchev–Trinajstić information content (AvgIpc) is 2.49. The molecule has 21 heavy (non-hydrogen) atoms. The second-order valence-electron chi connectivity index (χ2n) is 6.08. The van der Waals surface area contributed by atoms with E-state index in [1.807, 2.05) is 0 Å². The Morgan fingerprint density at radius 3 is 2.57 bits per heavy atom. The minimum Gasteiger partial charge on any atom is -0.378 e. The Bertz CT molecular complexity index is 486.